The molecule has 2 heterocycles. The molecular formula is C21H34N2O4. The Kier molecular flexibility index (Phi) is 9.18. The van der Waals surface area contributed by atoms with Crippen molar-refractivity contribution in [2.24, 2.45) is 5.73 Å². The van der Waals surface area contributed by atoms with Gasteiger partial charge < -0.3 is 20.7 Å². The molecule has 0 fully saturated rings. The zero-order valence-corrected chi connectivity index (χ0v) is 16.2. The van der Waals surface area contributed by atoms with Crippen molar-refractivity contribution in [3.63, 3.8) is 0 Å². The molecule has 27 heavy (non-hydrogen) atoms. The average molecular weight is 379 g/mol. The van der Waals surface area contributed by atoms with Gasteiger partial charge in [0.2, 0.25) is 0 Å². The molecule has 0 saturated carbocycles. The van der Waals surface area contributed by atoms with Crippen molar-refractivity contribution in [3.8, 4) is 0 Å². The fraction of sp³-hybridized carbons (Fsp3) is 0.714. The van der Waals surface area contributed by atoms with Gasteiger partial charge in [-0.05, 0) is 37.0 Å². The van der Waals surface area contributed by atoms with E-state index in [0.717, 1.165) is 31.2 Å². The number of fused-ring (bicyclic) bond motifs is 2. The molecular weight excluding hydrogens is 344 g/mol. The number of aryl methyl sites for hydroxylation is 1. The zero-order valence-electron chi connectivity index (χ0n) is 16.2. The van der Waals surface area contributed by atoms with Crippen LogP contribution in [0.1, 0.15) is 69.0 Å². The lowest BCUT2D eigenvalue weighted by molar-refractivity contribution is -0.162. The summed E-state index contributed by atoms with van der Waals surface area (Å²) in [6.45, 7) is 0.555. The zero-order chi connectivity index (χ0) is 19.5. The van der Waals surface area contributed by atoms with Gasteiger partial charge in [0.1, 0.15) is 0 Å². The fourth-order valence-corrected chi connectivity index (χ4v) is 3.54. The van der Waals surface area contributed by atoms with Gasteiger partial charge in [-0.15, -0.1) is 0 Å². The molecule has 0 saturated heterocycles. The summed E-state index contributed by atoms with van der Waals surface area (Å²) < 4.78 is 5.54. The second-order valence-corrected chi connectivity index (χ2v) is 7.68. The van der Waals surface area contributed by atoms with Gasteiger partial charge in [0.05, 0.1) is 12.6 Å². The fourth-order valence-electron chi connectivity index (χ4n) is 3.54. The number of hydrogen-bond acceptors (Lipinski definition) is 5. The molecule has 2 rings (SSSR count). The van der Waals surface area contributed by atoms with Gasteiger partial charge in [-0.25, -0.2) is 4.79 Å². The van der Waals surface area contributed by atoms with Crippen molar-refractivity contribution in [1.29, 1.82) is 0 Å². The largest absolute Gasteiger partial charge is 0.479 e. The number of aliphatic hydroxyl groups is 1. The van der Waals surface area contributed by atoms with Crippen LogP contribution in [0.2, 0.25) is 0 Å². The summed E-state index contributed by atoms with van der Waals surface area (Å²) in [5, 5.41) is 20.3. The van der Waals surface area contributed by atoms with Gasteiger partial charge in [0, 0.05) is 24.9 Å². The first-order valence-electron chi connectivity index (χ1n) is 10.3. The Balaban J connectivity index is 2.08. The number of aromatic nitrogens is 1. The molecule has 2 atom stereocenters. The van der Waals surface area contributed by atoms with Crippen LogP contribution in [0.15, 0.2) is 18.3 Å². The molecule has 6 heteroatoms. The highest BCUT2D eigenvalue weighted by Gasteiger charge is 2.43. The third-order valence-corrected chi connectivity index (χ3v) is 5.37. The van der Waals surface area contributed by atoms with Crippen LogP contribution >= 0.6 is 0 Å². The van der Waals surface area contributed by atoms with E-state index < -0.39 is 17.6 Å². The summed E-state index contributed by atoms with van der Waals surface area (Å²) in [6.07, 6.45) is 13.1. The molecule has 1 aliphatic heterocycles. The summed E-state index contributed by atoms with van der Waals surface area (Å²) >= 11 is 0. The van der Waals surface area contributed by atoms with Gasteiger partial charge in [0.25, 0.3) is 0 Å². The van der Waals surface area contributed by atoms with Crippen LogP contribution < -0.4 is 5.73 Å². The van der Waals surface area contributed by atoms with Crippen molar-refractivity contribution in [3.05, 3.63) is 29.6 Å². The normalized spacial score (nSPS) is 27.1. The lowest BCUT2D eigenvalue weighted by Crippen LogP contribution is -2.57. The minimum Gasteiger partial charge on any atom is -0.479 e. The molecule has 1 aromatic heterocycles. The monoisotopic (exact) mass is 378 g/mol. The number of nitrogens with zero attached hydrogens (tertiary/aromatic N) is 1. The molecule has 0 aromatic carbocycles. The second-order valence-electron chi connectivity index (χ2n) is 7.68. The molecule has 4 N–H and O–H groups in total. The summed E-state index contributed by atoms with van der Waals surface area (Å²) in [5.41, 5.74) is 5.59. The molecule has 1 unspecified atom stereocenters. The van der Waals surface area contributed by atoms with Gasteiger partial charge in [-0.3, -0.25) is 4.98 Å². The number of carbonyl (C=O) groups is 1. The highest BCUT2D eigenvalue weighted by molar-refractivity contribution is 5.78. The predicted octanol–water partition coefficient (Wildman–Crippen LogP) is 2.85. The van der Waals surface area contributed by atoms with Crippen LogP contribution in [0.5, 0.6) is 0 Å². The first-order chi connectivity index (χ1) is 13.0. The molecule has 1 aromatic rings. The number of nitrogens with two attached hydrogens (primary N) is 1. The Morgan fingerprint density at radius 3 is 2.41 bits per heavy atom. The van der Waals surface area contributed by atoms with Gasteiger partial charge in [-0.2, -0.15) is 0 Å². The van der Waals surface area contributed by atoms with Gasteiger partial charge >= 0.3 is 5.97 Å². The highest BCUT2D eigenvalue weighted by Crippen LogP contribution is 2.19. The maximum atomic E-state index is 11.7. The van der Waals surface area contributed by atoms with E-state index in [-0.39, 0.29) is 13.0 Å². The summed E-state index contributed by atoms with van der Waals surface area (Å²) in [4.78, 5) is 16.0. The van der Waals surface area contributed by atoms with Crippen LogP contribution in [0.3, 0.4) is 0 Å². The lowest BCUT2D eigenvalue weighted by atomic mass is 9.89. The molecule has 2 bridgehead atoms. The van der Waals surface area contributed by atoms with E-state index in [1.165, 1.54) is 38.5 Å². The predicted molar refractivity (Wildman–Crippen MR) is 105 cm³/mol. The maximum absolute atomic E-state index is 11.7. The molecule has 0 spiro atoms. The lowest BCUT2D eigenvalue weighted by Gasteiger charge is -2.29. The van der Waals surface area contributed by atoms with Crippen molar-refractivity contribution in [1.82, 2.24) is 4.98 Å². The number of pyridine rings is 1. The van der Waals surface area contributed by atoms with Crippen LogP contribution in [0.25, 0.3) is 0 Å². The minimum absolute atomic E-state index is 0.0164. The quantitative estimate of drug-likeness (QED) is 0.694. The number of carboxylic acid groups (broad SMARTS) is 1. The third-order valence-electron chi connectivity index (χ3n) is 5.37. The Bertz CT molecular complexity index is 581. The molecule has 152 valence electrons. The Hall–Kier alpha value is -1.50. The summed E-state index contributed by atoms with van der Waals surface area (Å²) in [7, 11) is 0. The number of hydrogen-bond donors (Lipinski definition) is 3. The number of ether oxygens (including phenoxy) is 1. The van der Waals surface area contributed by atoms with Gasteiger partial charge in [-0.1, -0.05) is 44.9 Å². The van der Waals surface area contributed by atoms with Crippen LogP contribution in [-0.2, 0) is 22.4 Å². The highest BCUT2D eigenvalue weighted by atomic mass is 16.5. The van der Waals surface area contributed by atoms with E-state index in [4.69, 9.17) is 10.5 Å². The van der Waals surface area contributed by atoms with E-state index in [2.05, 4.69) is 4.98 Å². The van der Waals surface area contributed by atoms with Gasteiger partial charge in [0.15, 0.2) is 5.60 Å². The second kappa shape index (κ2) is 11.4. The van der Waals surface area contributed by atoms with E-state index in [0.29, 0.717) is 12.3 Å². The van der Waals surface area contributed by atoms with Crippen molar-refractivity contribution < 1.29 is 19.7 Å². The molecule has 0 amide bonds. The number of rotatable bonds is 1. The van der Waals surface area contributed by atoms with E-state index in [1.807, 2.05) is 12.1 Å². The van der Waals surface area contributed by atoms with Crippen molar-refractivity contribution >= 4 is 5.97 Å². The molecule has 0 radical (unpaired) electrons. The first-order valence-corrected chi connectivity index (χ1v) is 10.3. The van der Waals surface area contributed by atoms with E-state index in [1.54, 1.807) is 6.20 Å². The van der Waals surface area contributed by atoms with Crippen LogP contribution in [-0.4, -0.2) is 46.0 Å². The first kappa shape index (κ1) is 21.8. The topological polar surface area (TPSA) is 106 Å². The Labute approximate surface area is 162 Å². The molecule has 1 aliphatic rings. The van der Waals surface area contributed by atoms with E-state index >= 15 is 0 Å². The summed E-state index contributed by atoms with van der Waals surface area (Å²) in [5.74, 6) is -1.34. The average Bonchev–Trinajstić information content (AvgIpc) is 2.64. The maximum Gasteiger partial charge on any atom is 0.337 e. The van der Waals surface area contributed by atoms with Crippen molar-refractivity contribution in [2.45, 2.75) is 82.3 Å². The summed E-state index contributed by atoms with van der Waals surface area (Å²) in [6, 6.07) is 2.83. The standard InChI is InChI=1S/C21H34N2O4/c22-19-16-27-13-9-7-5-3-1-2-4-6-8-10-17-11-12-23-18(14-17)15-21(19,26)20(24)25/h11-12,14,19,26H,1-10,13,15-16,22H2,(H,24,25)/t19?,21-/m1/s1. The Morgan fingerprint density at radius 1 is 1.11 bits per heavy atom. The van der Waals surface area contributed by atoms with E-state index in [9.17, 15) is 15.0 Å². The number of aliphatic carboxylic acids is 1. The SMILES string of the molecule is NC1COCCCCCCCCCCCc2ccnc(c2)C[C@]1(O)C(=O)O. The molecule has 6 nitrogen and oxygen atoms in total. The smallest absolute Gasteiger partial charge is 0.337 e. The van der Waals surface area contributed by atoms with Crippen LogP contribution in [0.4, 0.5) is 0 Å². The molecule has 0 aliphatic carbocycles. The minimum atomic E-state index is -2.09. The van der Waals surface area contributed by atoms with Crippen LogP contribution in [0, 0.1) is 0 Å². The Morgan fingerprint density at radius 2 is 1.74 bits per heavy atom. The number of carboxylic acids is 1. The van der Waals surface area contributed by atoms with Crippen molar-refractivity contribution in [2.75, 3.05) is 13.2 Å². The third kappa shape index (κ3) is 7.20.